The van der Waals surface area contributed by atoms with E-state index in [0.29, 0.717) is 10.2 Å². The zero-order chi connectivity index (χ0) is 14.0. The van der Waals surface area contributed by atoms with Crippen LogP contribution in [0.15, 0.2) is 27.0 Å². The van der Waals surface area contributed by atoms with Crippen molar-refractivity contribution < 1.29 is 8.42 Å². The molecule has 9 heteroatoms. The fourth-order valence-corrected chi connectivity index (χ4v) is 3.58. The Morgan fingerprint density at radius 2 is 2.26 bits per heavy atom. The smallest absolute Gasteiger partial charge is 0.244 e. The molecule has 0 saturated carbocycles. The van der Waals surface area contributed by atoms with Gasteiger partial charge >= 0.3 is 0 Å². The molecule has 3 N–H and O–H groups in total. The van der Waals surface area contributed by atoms with Gasteiger partial charge in [0.25, 0.3) is 0 Å². The number of anilines is 1. The number of rotatable bonds is 4. The Kier molecular flexibility index (Phi) is 4.19. The number of aromatic nitrogens is 2. The number of nitrogen functional groups attached to an aromatic ring is 1. The molecule has 2 aromatic rings. The highest BCUT2D eigenvalue weighted by atomic mass is 79.9. The molecule has 0 bridgehead atoms. The van der Waals surface area contributed by atoms with Crippen molar-refractivity contribution in [3.05, 3.63) is 32.8 Å². The molecular weight excluding hydrogens is 352 g/mol. The van der Waals surface area contributed by atoms with Crippen molar-refractivity contribution in [2.75, 3.05) is 5.73 Å². The Hall–Kier alpha value is -1.03. The van der Waals surface area contributed by atoms with Crippen molar-refractivity contribution in [1.82, 2.24) is 14.7 Å². The Balaban J connectivity index is 2.20. The van der Waals surface area contributed by atoms with Crippen LogP contribution in [0.25, 0.3) is 0 Å². The molecule has 0 aliphatic carbocycles. The molecule has 2 rings (SSSR count). The van der Waals surface area contributed by atoms with Crippen LogP contribution in [0.2, 0.25) is 0 Å². The summed E-state index contributed by atoms with van der Waals surface area (Å²) < 4.78 is 27.2. The van der Waals surface area contributed by atoms with E-state index in [2.05, 4.69) is 30.6 Å². The van der Waals surface area contributed by atoms with Gasteiger partial charge in [0, 0.05) is 16.0 Å². The number of nitrogens with zero attached hydrogens (tertiary/aromatic N) is 2. The minimum Gasteiger partial charge on any atom is -0.383 e. The van der Waals surface area contributed by atoms with E-state index in [0.717, 1.165) is 5.01 Å². The third-order valence-corrected chi connectivity index (χ3v) is 4.93. The average molecular weight is 363 g/mol. The number of thiazole rings is 1. The van der Waals surface area contributed by atoms with Gasteiger partial charge in [0.15, 0.2) is 0 Å². The number of nitrogens with two attached hydrogens (primary N) is 1. The number of pyridine rings is 1. The topological polar surface area (TPSA) is 98.0 Å². The minimum absolute atomic E-state index is 0.0369. The number of hydrogen-bond acceptors (Lipinski definition) is 6. The van der Waals surface area contributed by atoms with Crippen LogP contribution in [0.3, 0.4) is 0 Å². The van der Waals surface area contributed by atoms with Crippen LogP contribution < -0.4 is 10.5 Å². The maximum Gasteiger partial charge on any atom is 0.244 e. The molecule has 0 fully saturated rings. The molecule has 0 aromatic carbocycles. The molecule has 0 saturated heterocycles. The zero-order valence-electron chi connectivity index (χ0n) is 9.92. The van der Waals surface area contributed by atoms with E-state index in [1.807, 2.05) is 6.92 Å². The van der Waals surface area contributed by atoms with Gasteiger partial charge < -0.3 is 5.73 Å². The summed E-state index contributed by atoms with van der Waals surface area (Å²) in [6, 6.07) is 1.41. The van der Waals surface area contributed by atoms with Gasteiger partial charge in [0.05, 0.1) is 17.2 Å². The Bertz CT molecular complexity index is 699. The average Bonchev–Trinajstić information content (AvgIpc) is 2.76. The van der Waals surface area contributed by atoms with Crippen LogP contribution in [0, 0.1) is 6.92 Å². The molecule has 0 aliphatic rings. The summed E-state index contributed by atoms with van der Waals surface area (Å²) in [7, 11) is -3.71. The van der Waals surface area contributed by atoms with Crippen molar-refractivity contribution in [3.8, 4) is 0 Å². The summed E-state index contributed by atoms with van der Waals surface area (Å²) in [4.78, 5) is 7.94. The van der Waals surface area contributed by atoms with E-state index in [-0.39, 0.29) is 17.3 Å². The van der Waals surface area contributed by atoms with Crippen molar-refractivity contribution in [1.29, 1.82) is 0 Å². The van der Waals surface area contributed by atoms with E-state index in [1.54, 1.807) is 5.38 Å². The first-order valence-electron chi connectivity index (χ1n) is 5.20. The SMILES string of the molecule is Cc1nc(CNS(=O)(=O)c2cc(Br)cnc2N)cs1. The first kappa shape index (κ1) is 14.4. The first-order chi connectivity index (χ1) is 8.88. The molecule has 2 heterocycles. The van der Waals surface area contributed by atoms with E-state index in [1.165, 1.54) is 23.6 Å². The molecule has 102 valence electrons. The fraction of sp³-hybridized carbons (Fsp3) is 0.200. The lowest BCUT2D eigenvalue weighted by atomic mass is 10.5. The quantitative estimate of drug-likeness (QED) is 0.861. The fourth-order valence-electron chi connectivity index (χ4n) is 1.38. The van der Waals surface area contributed by atoms with Crippen molar-refractivity contribution >= 4 is 43.1 Å². The summed E-state index contributed by atoms with van der Waals surface area (Å²) in [6.45, 7) is 1.98. The highest BCUT2D eigenvalue weighted by Gasteiger charge is 2.19. The predicted molar refractivity (Wildman–Crippen MR) is 77.2 cm³/mol. The molecule has 0 amide bonds. The molecule has 19 heavy (non-hydrogen) atoms. The second kappa shape index (κ2) is 5.53. The lowest BCUT2D eigenvalue weighted by Crippen LogP contribution is -2.24. The van der Waals surface area contributed by atoms with E-state index in [9.17, 15) is 8.42 Å². The van der Waals surface area contributed by atoms with Crippen LogP contribution in [-0.4, -0.2) is 18.4 Å². The Morgan fingerprint density at radius 3 is 2.89 bits per heavy atom. The third-order valence-electron chi connectivity index (χ3n) is 2.25. The van der Waals surface area contributed by atoms with Crippen LogP contribution in [-0.2, 0) is 16.6 Å². The Labute approximate surface area is 123 Å². The van der Waals surface area contributed by atoms with Crippen molar-refractivity contribution in [2.24, 2.45) is 0 Å². The Morgan fingerprint density at radius 1 is 1.53 bits per heavy atom. The lowest BCUT2D eigenvalue weighted by Gasteiger charge is -2.07. The van der Waals surface area contributed by atoms with E-state index < -0.39 is 10.0 Å². The predicted octanol–water partition coefficient (Wildman–Crippen LogP) is 1.67. The number of halogens is 1. The van der Waals surface area contributed by atoms with Crippen LogP contribution in [0.4, 0.5) is 5.82 Å². The molecule has 0 radical (unpaired) electrons. The maximum atomic E-state index is 12.1. The van der Waals surface area contributed by atoms with E-state index in [4.69, 9.17) is 5.73 Å². The summed E-state index contributed by atoms with van der Waals surface area (Å²) in [6.07, 6.45) is 1.44. The highest BCUT2D eigenvalue weighted by molar-refractivity contribution is 9.10. The number of sulfonamides is 1. The summed E-state index contributed by atoms with van der Waals surface area (Å²) >= 11 is 4.63. The van der Waals surface area contributed by atoms with Crippen molar-refractivity contribution in [3.63, 3.8) is 0 Å². The zero-order valence-corrected chi connectivity index (χ0v) is 13.1. The standard InChI is InChI=1S/C10H11BrN4O2S2/c1-6-15-8(5-18-6)4-14-19(16,17)9-2-7(11)3-13-10(9)12/h2-3,5,14H,4H2,1H3,(H2,12,13). The molecule has 0 unspecified atom stereocenters. The number of nitrogens with one attached hydrogen (secondary N) is 1. The van der Waals surface area contributed by atoms with Gasteiger partial charge in [-0.3, -0.25) is 0 Å². The van der Waals surface area contributed by atoms with Crippen molar-refractivity contribution in [2.45, 2.75) is 18.4 Å². The van der Waals surface area contributed by atoms with Crippen LogP contribution in [0.1, 0.15) is 10.7 Å². The number of hydrogen-bond donors (Lipinski definition) is 2. The molecule has 0 aliphatic heterocycles. The van der Waals surface area contributed by atoms with Gasteiger partial charge in [-0.25, -0.2) is 23.1 Å². The monoisotopic (exact) mass is 362 g/mol. The first-order valence-corrected chi connectivity index (χ1v) is 8.36. The second-order valence-corrected chi connectivity index (χ2v) is 7.43. The molecule has 0 atom stereocenters. The van der Waals surface area contributed by atoms with Gasteiger partial charge in [0.1, 0.15) is 10.7 Å². The van der Waals surface area contributed by atoms with Gasteiger partial charge in [0.2, 0.25) is 10.0 Å². The molecule has 6 nitrogen and oxygen atoms in total. The highest BCUT2D eigenvalue weighted by Crippen LogP contribution is 2.20. The van der Waals surface area contributed by atoms with Gasteiger partial charge in [-0.1, -0.05) is 0 Å². The second-order valence-electron chi connectivity index (χ2n) is 3.72. The third kappa shape index (κ3) is 3.50. The van der Waals surface area contributed by atoms with Gasteiger partial charge in [-0.05, 0) is 28.9 Å². The molecule has 2 aromatic heterocycles. The molecular formula is C10H11BrN4O2S2. The summed E-state index contributed by atoms with van der Waals surface area (Å²) in [5.74, 6) is -0.0369. The summed E-state index contributed by atoms with van der Waals surface area (Å²) in [5, 5.41) is 2.69. The normalized spacial score (nSPS) is 11.7. The van der Waals surface area contributed by atoms with Gasteiger partial charge in [-0.15, -0.1) is 11.3 Å². The number of aryl methyl sites for hydroxylation is 1. The lowest BCUT2D eigenvalue weighted by molar-refractivity contribution is 0.580. The van der Waals surface area contributed by atoms with Gasteiger partial charge in [-0.2, -0.15) is 0 Å². The molecule has 0 spiro atoms. The van der Waals surface area contributed by atoms with Crippen LogP contribution >= 0.6 is 27.3 Å². The minimum atomic E-state index is -3.71. The van der Waals surface area contributed by atoms with Crippen LogP contribution in [0.5, 0.6) is 0 Å². The van der Waals surface area contributed by atoms with E-state index >= 15 is 0 Å². The largest absolute Gasteiger partial charge is 0.383 e. The summed E-state index contributed by atoms with van der Waals surface area (Å²) in [5.41, 5.74) is 6.26. The maximum absolute atomic E-state index is 12.1.